The highest BCUT2D eigenvalue weighted by Gasteiger charge is 2.38. The summed E-state index contributed by atoms with van der Waals surface area (Å²) in [5, 5.41) is 3.78. The van der Waals surface area contributed by atoms with E-state index in [1.54, 1.807) is 24.3 Å². The molecule has 3 aromatic carbocycles. The Hall–Kier alpha value is -3.86. The molecule has 0 atom stereocenters. The number of hydrogen-bond acceptors (Lipinski definition) is 5. The van der Waals surface area contributed by atoms with E-state index in [-0.39, 0.29) is 23.2 Å². The molecule has 1 fully saturated rings. The zero-order chi connectivity index (χ0) is 28.4. The van der Waals surface area contributed by atoms with Gasteiger partial charge in [-0.05, 0) is 95.3 Å². The maximum Gasteiger partial charge on any atom is 0.439 e. The van der Waals surface area contributed by atoms with Crippen molar-refractivity contribution in [2.24, 2.45) is 5.41 Å². The zero-order valence-corrected chi connectivity index (χ0v) is 22.6. The summed E-state index contributed by atoms with van der Waals surface area (Å²) in [6, 6.07) is 15.1. The lowest BCUT2D eigenvalue weighted by Crippen LogP contribution is -2.44. The van der Waals surface area contributed by atoms with Gasteiger partial charge in [0.05, 0.1) is 16.1 Å². The van der Waals surface area contributed by atoms with E-state index in [4.69, 9.17) is 0 Å². The van der Waals surface area contributed by atoms with Crippen LogP contribution in [0, 0.1) is 5.41 Å². The fourth-order valence-corrected chi connectivity index (χ4v) is 7.11. The number of fused-ring (bicyclic) bond motifs is 1. The summed E-state index contributed by atoms with van der Waals surface area (Å²) < 4.78 is 73.3. The number of sulfonamides is 1. The first-order chi connectivity index (χ1) is 18.8. The molecule has 0 unspecified atom stereocenters. The molecule has 2 aliphatic rings. The molecule has 208 valence electrons. The van der Waals surface area contributed by atoms with Crippen molar-refractivity contribution in [3.05, 3.63) is 87.9 Å². The molecule has 1 aliphatic carbocycles. The second kappa shape index (κ2) is 9.09. The SMILES string of the molecule is CC1(C)Cc2cc(-c3ccc(C(F)(F)F)cc3)ccc2N(S(=O)(=O)c2ccc(-c3noc(=O)[nH]3)c(C3CC3)c2)C1. The van der Waals surface area contributed by atoms with E-state index in [2.05, 4.69) is 14.7 Å². The Morgan fingerprint density at radius 3 is 2.33 bits per heavy atom. The molecule has 1 N–H and O–H groups in total. The van der Waals surface area contributed by atoms with Crippen LogP contribution in [-0.2, 0) is 22.6 Å². The fourth-order valence-electron chi connectivity index (χ4n) is 5.38. The van der Waals surface area contributed by atoms with Crippen LogP contribution >= 0.6 is 0 Å². The van der Waals surface area contributed by atoms with Gasteiger partial charge in [-0.3, -0.25) is 13.8 Å². The van der Waals surface area contributed by atoms with Crippen LogP contribution in [0.1, 0.15) is 49.3 Å². The Morgan fingerprint density at radius 1 is 1.00 bits per heavy atom. The topological polar surface area (TPSA) is 96.3 Å². The van der Waals surface area contributed by atoms with E-state index >= 15 is 0 Å². The van der Waals surface area contributed by atoms with Crippen molar-refractivity contribution in [3.8, 4) is 22.5 Å². The number of anilines is 1. The molecule has 0 spiro atoms. The Balaban J connectivity index is 1.39. The van der Waals surface area contributed by atoms with Gasteiger partial charge < -0.3 is 0 Å². The predicted octanol–water partition coefficient (Wildman–Crippen LogP) is 6.37. The van der Waals surface area contributed by atoms with Crippen molar-refractivity contribution in [1.82, 2.24) is 10.1 Å². The molecule has 4 aromatic rings. The maximum atomic E-state index is 14.1. The summed E-state index contributed by atoms with van der Waals surface area (Å²) in [4.78, 5) is 14.2. The minimum absolute atomic E-state index is 0.138. The third-order valence-corrected chi connectivity index (χ3v) is 9.21. The average Bonchev–Trinajstić information content (AvgIpc) is 3.66. The van der Waals surface area contributed by atoms with E-state index < -0.39 is 32.9 Å². The average molecular weight is 570 g/mol. The van der Waals surface area contributed by atoms with Crippen LogP contribution in [0.15, 0.2) is 74.9 Å². The molecular formula is C29H26F3N3O4S. The van der Waals surface area contributed by atoms with E-state index in [1.165, 1.54) is 22.5 Å². The van der Waals surface area contributed by atoms with Crippen molar-refractivity contribution < 1.29 is 26.1 Å². The number of rotatable bonds is 5. The molecule has 7 nitrogen and oxygen atoms in total. The largest absolute Gasteiger partial charge is 0.439 e. The molecule has 11 heteroatoms. The molecule has 0 saturated heterocycles. The highest BCUT2D eigenvalue weighted by molar-refractivity contribution is 7.92. The molecule has 0 amide bonds. The van der Waals surface area contributed by atoms with Gasteiger partial charge in [0.25, 0.3) is 10.0 Å². The Morgan fingerprint density at radius 2 is 1.70 bits per heavy atom. The van der Waals surface area contributed by atoms with Crippen LogP contribution in [0.2, 0.25) is 0 Å². The number of alkyl halides is 3. The number of nitrogens with zero attached hydrogens (tertiary/aromatic N) is 2. The summed E-state index contributed by atoms with van der Waals surface area (Å²) in [6.45, 7) is 4.24. The minimum Gasteiger partial charge on any atom is -0.296 e. The smallest absolute Gasteiger partial charge is 0.296 e. The molecular weight excluding hydrogens is 543 g/mol. The van der Waals surface area contributed by atoms with Gasteiger partial charge in [0.1, 0.15) is 0 Å². The normalized spacial score (nSPS) is 17.1. The maximum absolute atomic E-state index is 14.1. The molecule has 6 rings (SSSR count). The summed E-state index contributed by atoms with van der Waals surface area (Å²) in [6.07, 6.45) is -2.00. The number of aromatic amines is 1. The molecule has 1 aromatic heterocycles. The number of H-pyrrole nitrogens is 1. The Labute approximate surface area is 228 Å². The zero-order valence-electron chi connectivity index (χ0n) is 21.7. The molecule has 0 bridgehead atoms. The lowest BCUT2D eigenvalue weighted by Gasteiger charge is -2.40. The van der Waals surface area contributed by atoms with Gasteiger partial charge in [0, 0.05) is 12.1 Å². The first-order valence-corrected chi connectivity index (χ1v) is 14.3. The molecule has 0 radical (unpaired) electrons. The summed E-state index contributed by atoms with van der Waals surface area (Å²) >= 11 is 0. The van der Waals surface area contributed by atoms with E-state index in [9.17, 15) is 26.4 Å². The van der Waals surface area contributed by atoms with Gasteiger partial charge >= 0.3 is 11.9 Å². The van der Waals surface area contributed by atoms with Crippen molar-refractivity contribution in [1.29, 1.82) is 0 Å². The van der Waals surface area contributed by atoms with Crippen LogP contribution in [-0.4, -0.2) is 25.1 Å². The van der Waals surface area contributed by atoms with Crippen molar-refractivity contribution >= 4 is 15.7 Å². The van der Waals surface area contributed by atoms with Gasteiger partial charge in [0.2, 0.25) is 0 Å². The van der Waals surface area contributed by atoms with Gasteiger partial charge in [-0.2, -0.15) is 13.2 Å². The Bertz CT molecular complexity index is 1770. The van der Waals surface area contributed by atoms with Gasteiger partial charge in [0.15, 0.2) is 5.82 Å². The van der Waals surface area contributed by atoms with E-state index in [0.29, 0.717) is 28.8 Å². The van der Waals surface area contributed by atoms with Crippen LogP contribution in [0.3, 0.4) is 0 Å². The number of hydrogen-bond donors (Lipinski definition) is 1. The Kier molecular flexibility index (Phi) is 5.99. The first kappa shape index (κ1) is 26.4. The number of aromatic nitrogens is 2. The second-order valence-corrected chi connectivity index (χ2v) is 13.1. The second-order valence-electron chi connectivity index (χ2n) is 11.2. The third-order valence-electron chi connectivity index (χ3n) is 7.46. The van der Waals surface area contributed by atoms with Crippen LogP contribution in [0.4, 0.5) is 18.9 Å². The minimum atomic E-state index is -4.42. The number of halogens is 3. The third kappa shape index (κ3) is 4.83. The van der Waals surface area contributed by atoms with Crippen LogP contribution in [0.5, 0.6) is 0 Å². The molecule has 2 heterocycles. The highest BCUT2D eigenvalue weighted by Crippen LogP contribution is 2.46. The summed E-state index contributed by atoms with van der Waals surface area (Å²) in [5.41, 5.74) is 2.99. The van der Waals surface area contributed by atoms with Crippen molar-refractivity contribution in [2.75, 3.05) is 10.8 Å². The fraction of sp³-hybridized carbons (Fsp3) is 0.310. The molecule has 40 heavy (non-hydrogen) atoms. The van der Waals surface area contributed by atoms with Gasteiger partial charge in [-0.25, -0.2) is 13.2 Å². The summed E-state index contributed by atoms with van der Waals surface area (Å²) in [7, 11) is -3.98. The first-order valence-electron chi connectivity index (χ1n) is 12.9. The lowest BCUT2D eigenvalue weighted by atomic mass is 9.81. The van der Waals surface area contributed by atoms with Crippen LogP contribution in [0.25, 0.3) is 22.5 Å². The quantitative estimate of drug-likeness (QED) is 0.301. The highest BCUT2D eigenvalue weighted by atomic mass is 32.2. The van der Waals surface area contributed by atoms with Gasteiger partial charge in [-0.15, -0.1) is 0 Å². The van der Waals surface area contributed by atoms with Crippen LogP contribution < -0.4 is 10.1 Å². The van der Waals surface area contributed by atoms with E-state index in [0.717, 1.165) is 36.1 Å². The molecule has 1 saturated carbocycles. The van der Waals surface area contributed by atoms with Crippen molar-refractivity contribution in [3.63, 3.8) is 0 Å². The monoisotopic (exact) mass is 569 g/mol. The van der Waals surface area contributed by atoms with Crippen molar-refractivity contribution in [2.45, 2.75) is 50.1 Å². The summed E-state index contributed by atoms with van der Waals surface area (Å²) in [5.74, 6) is -0.255. The number of benzene rings is 3. The van der Waals surface area contributed by atoms with E-state index in [1.807, 2.05) is 19.9 Å². The molecule has 1 aliphatic heterocycles. The predicted molar refractivity (Wildman–Crippen MR) is 143 cm³/mol. The number of nitrogens with one attached hydrogen (secondary N) is 1. The van der Waals surface area contributed by atoms with Gasteiger partial charge in [-0.1, -0.05) is 37.2 Å². The standard InChI is InChI=1S/C29H26F3N3O4S/c1-28(2)15-20-13-19(17-5-8-21(9-6-17)29(30,31)32)7-12-25(20)35(16-28)40(37,38)22-10-11-23(24(14-22)18-3-4-18)26-33-27(36)39-34-26/h5-14,18H,3-4,15-16H2,1-2H3,(H,33,34,36). The lowest BCUT2D eigenvalue weighted by molar-refractivity contribution is -0.137.